The molecule has 3 fully saturated rings. The smallest absolute Gasteiger partial charge is 0.0247 e. The van der Waals surface area contributed by atoms with Crippen molar-refractivity contribution in [2.75, 3.05) is 13.1 Å². The summed E-state index contributed by atoms with van der Waals surface area (Å²) in [5.41, 5.74) is 0. The molecule has 1 aliphatic heterocycles. The highest BCUT2D eigenvalue weighted by Gasteiger charge is 2.39. The van der Waals surface area contributed by atoms with Crippen LogP contribution in [0.25, 0.3) is 0 Å². The molecule has 0 radical (unpaired) electrons. The van der Waals surface area contributed by atoms with Gasteiger partial charge in [-0.1, -0.05) is 39.5 Å². The van der Waals surface area contributed by atoms with Crippen molar-refractivity contribution in [2.45, 2.75) is 90.3 Å². The molecule has 1 N–H and O–H groups in total. The molecule has 3 rings (SSSR count). The van der Waals surface area contributed by atoms with Crippen molar-refractivity contribution in [3.05, 3.63) is 0 Å². The molecule has 3 atom stereocenters. The first-order chi connectivity index (χ1) is 10.2. The Kier molecular flexibility index (Phi) is 5.27. The molecule has 2 nitrogen and oxygen atoms in total. The Morgan fingerprint density at radius 3 is 2.19 bits per heavy atom. The number of hydrogen-bond donors (Lipinski definition) is 1. The lowest BCUT2D eigenvalue weighted by Crippen LogP contribution is -2.63. The highest BCUT2D eigenvalue weighted by Crippen LogP contribution is 2.36. The molecule has 0 aromatic rings. The first kappa shape index (κ1) is 15.8. The Morgan fingerprint density at radius 1 is 0.905 bits per heavy atom. The molecule has 3 aliphatic rings. The van der Waals surface area contributed by atoms with E-state index in [9.17, 15) is 0 Å². The molecule has 0 bridgehead atoms. The zero-order chi connectivity index (χ0) is 14.8. The summed E-state index contributed by atoms with van der Waals surface area (Å²) in [6.45, 7) is 9.87. The molecule has 122 valence electrons. The van der Waals surface area contributed by atoms with Gasteiger partial charge in [0.1, 0.15) is 0 Å². The normalized spacial score (nSPS) is 34.9. The molecule has 21 heavy (non-hydrogen) atoms. The number of nitrogens with one attached hydrogen (secondary N) is 1. The summed E-state index contributed by atoms with van der Waals surface area (Å²) in [4.78, 5) is 2.91. The van der Waals surface area contributed by atoms with Crippen LogP contribution in [0.2, 0.25) is 0 Å². The van der Waals surface area contributed by atoms with Gasteiger partial charge in [0.15, 0.2) is 0 Å². The predicted octanol–water partition coefficient (Wildman–Crippen LogP) is 4.05. The van der Waals surface area contributed by atoms with Gasteiger partial charge in [0, 0.05) is 31.2 Å². The van der Waals surface area contributed by atoms with Gasteiger partial charge in [-0.15, -0.1) is 0 Å². The molecule has 2 heteroatoms. The lowest BCUT2D eigenvalue weighted by Gasteiger charge is -2.51. The van der Waals surface area contributed by atoms with E-state index < -0.39 is 0 Å². The highest BCUT2D eigenvalue weighted by molar-refractivity contribution is 4.95. The average molecular weight is 293 g/mol. The summed E-state index contributed by atoms with van der Waals surface area (Å²) in [6.07, 6.45) is 11.8. The first-order valence-electron chi connectivity index (χ1n) is 9.66. The second-order valence-corrected chi connectivity index (χ2v) is 8.35. The molecule has 2 saturated carbocycles. The lowest BCUT2D eigenvalue weighted by molar-refractivity contribution is 0.00521. The summed E-state index contributed by atoms with van der Waals surface area (Å²) in [5, 5.41) is 3.94. The van der Waals surface area contributed by atoms with E-state index in [4.69, 9.17) is 0 Å². The fourth-order valence-electron chi connectivity index (χ4n) is 4.95. The number of hydrogen-bond acceptors (Lipinski definition) is 2. The zero-order valence-corrected chi connectivity index (χ0v) is 14.5. The van der Waals surface area contributed by atoms with E-state index in [1.165, 1.54) is 64.5 Å². The fraction of sp³-hybridized carbons (Fsp3) is 1.00. The van der Waals surface area contributed by atoms with Crippen molar-refractivity contribution in [3.8, 4) is 0 Å². The Morgan fingerprint density at radius 2 is 1.62 bits per heavy atom. The first-order valence-corrected chi connectivity index (χ1v) is 9.66. The molecule has 0 spiro atoms. The Bertz CT molecular complexity index is 318. The van der Waals surface area contributed by atoms with Gasteiger partial charge in [-0.3, -0.25) is 4.90 Å². The Balaban J connectivity index is 1.65. The van der Waals surface area contributed by atoms with Crippen molar-refractivity contribution in [3.63, 3.8) is 0 Å². The topological polar surface area (TPSA) is 15.3 Å². The van der Waals surface area contributed by atoms with Gasteiger partial charge in [-0.05, 0) is 50.4 Å². The predicted molar refractivity (Wildman–Crippen MR) is 90.5 cm³/mol. The van der Waals surface area contributed by atoms with Gasteiger partial charge < -0.3 is 5.32 Å². The third-order valence-electron chi connectivity index (χ3n) is 6.77. The van der Waals surface area contributed by atoms with Gasteiger partial charge in [-0.25, -0.2) is 0 Å². The largest absolute Gasteiger partial charge is 0.311 e. The van der Waals surface area contributed by atoms with Gasteiger partial charge in [0.2, 0.25) is 0 Å². The van der Waals surface area contributed by atoms with E-state index in [1.54, 1.807) is 0 Å². The second kappa shape index (κ2) is 7.00. The lowest BCUT2D eigenvalue weighted by atomic mass is 9.77. The number of piperazine rings is 1. The minimum absolute atomic E-state index is 0.750. The molecular weight excluding hydrogens is 256 g/mol. The van der Waals surface area contributed by atoms with Crippen LogP contribution in [0.1, 0.15) is 72.1 Å². The van der Waals surface area contributed by atoms with E-state index >= 15 is 0 Å². The minimum Gasteiger partial charge on any atom is -0.311 e. The van der Waals surface area contributed by atoms with E-state index in [2.05, 4.69) is 31.0 Å². The number of nitrogens with zero attached hydrogens (tertiary/aromatic N) is 1. The van der Waals surface area contributed by atoms with Crippen LogP contribution in [0.3, 0.4) is 0 Å². The van der Waals surface area contributed by atoms with E-state index in [-0.39, 0.29) is 0 Å². The summed E-state index contributed by atoms with van der Waals surface area (Å²) < 4.78 is 0. The molecule has 2 aliphatic carbocycles. The monoisotopic (exact) mass is 292 g/mol. The van der Waals surface area contributed by atoms with Crippen LogP contribution in [0.4, 0.5) is 0 Å². The summed E-state index contributed by atoms with van der Waals surface area (Å²) >= 11 is 0. The molecule has 0 aromatic carbocycles. The van der Waals surface area contributed by atoms with Crippen molar-refractivity contribution in [1.82, 2.24) is 10.2 Å². The third kappa shape index (κ3) is 3.47. The Hall–Kier alpha value is -0.0800. The maximum atomic E-state index is 3.94. The molecule has 1 saturated heterocycles. The van der Waals surface area contributed by atoms with Crippen molar-refractivity contribution in [1.29, 1.82) is 0 Å². The van der Waals surface area contributed by atoms with Gasteiger partial charge in [-0.2, -0.15) is 0 Å². The SMILES string of the molecule is CC(C)C1CNC(C2CCCCC2)CN1C(C)C1CCC1. The quantitative estimate of drug-likeness (QED) is 0.841. The van der Waals surface area contributed by atoms with Crippen LogP contribution < -0.4 is 5.32 Å². The standard InChI is InChI=1S/C19H36N2/c1-14(2)19-12-20-18(17-8-5-4-6-9-17)13-21(19)15(3)16-10-7-11-16/h14-20H,4-13H2,1-3H3. The van der Waals surface area contributed by atoms with Crippen LogP contribution in [0.5, 0.6) is 0 Å². The zero-order valence-electron chi connectivity index (χ0n) is 14.5. The third-order valence-corrected chi connectivity index (χ3v) is 6.77. The maximum absolute atomic E-state index is 3.94. The summed E-state index contributed by atoms with van der Waals surface area (Å²) in [5.74, 6) is 2.70. The molecule has 1 heterocycles. The van der Waals surface area contributed by atoms with Crippen LogP contribution in [-0.4, -0.2) is 36.1 Å². The van der Waals surface area contributed by atoms with Gasteiger partial charge in [0.25, 0.3) is 0 Å². The summed E-state index contributed by atoms with van der Waals surface area (Å²) in [6, 6.07) is 2.32. The van der Waals surface area contributed by atoms with Crippen LogP contribution in [-0.2, 0) is 0 Å². The van der Waals surface area contributed by atoms with Crippen molar-refractivity contribution < 1.29 is 0 Å². The average Bonchev–Trinajstić information content (AvgIpc) is 2.45. The summed E-state index contributed by atoms with van der Waals surface area (Å²) in [7, 11) is 0. The molecular formula is C19H36N2. The van der Waals surface area contributed by atoms with Crippen molar-refractivity contribution in [2.24, 2.45) is 17.8 Å². The fourth-order valence-corrected chi connectivity index (χ4v) is 4.95. The van der Waals surface area contributed by atoms with E-state index in [1.807, 2.05) is 0 Å². The van der Waals surface area contributed by atoms with E-state index in [0.717, 1.165) is 35.9 Å². The minimum atomic E-state index is 0.750. The second-order valence-electron chi connectivity index (χ2n) is 8.35. The van der Waals surface area contributed by atoms with Crippen LogP contribution >= 0.6 is 0 Å². The van der Waals surface area contributed by atoms with Gasteiger partial charge >= 0.3 is 0 Å². The van der Waals surface area contributed by atoms with Crippen LogP contribution in [0, 0.1) is 17.8 Å². The highest BCUT2D eigenvalue weighted by atomic mass is 15.3. The van der Waals surface area contributed by atoms with Crippen LogP contribution in [0.15, 0.2) is 0 Å². The molecule has 0 amide bonds. The maximum Gasteiger partial charge on any atom is 0.0247 e. The van der Waals surface area contributed by atoms with E-state index in [0.29, 0.717) is 0 Å². The van der Waals surface area contributed by atoms with Crippen molar-refractivity contribution >= 4 is 0 Å². The number of rotatable bonds is 4. The molecule has 0 aromatic heterocycles. The molecule has 3 unspecified atom stereocenters. The van der Waals surface area contributed by atoms with Gasteiger partial charge in [0.05, 0.1) is 0 Å². The Labute approximate surface area is 132 Å².